The van der Waals surface area contributed by atoms with Crippen molar-refractivity contribution in [2.24, 2.45) is 5.73 Å². The first-order chi connectivity index (χ1) is 4.33. The highest BCUT2D eigenvalue weighted by molar-refractivity contribution is 5.01. The van der Waals surface area contributed by atoms with Gasteiger partial charge in [-0.25, -0.2) is 0 Å². The number of ether oxygens (including phenoxy) is 1. The van der Waals surface area contributed by atoms with Crippen molar-refractivity contribution in [3.63, 3.8) is 0 Å². The third-order valence-electron chi connectivity index (χ3n) is 2.68. The monoisotopic (exact) mass is 127 g/mol. The normalized spacial score (nSPS) is 39.0. The fourth-order valence-corrected chi connectivity index (χ4v) is 1.90. The molecular formula is C7H13NO. The van der Waals surface area contributed by atoms with Crippen LogP contribution in [0, 0.1) is 0 Å². The highest BCUT2D eigenvalue weighted by Crippen LogP contribution is 2.40. The molecule has 2 nitrogen and oxygen atoms in total. The first-order valence-corrected chi connectivity index (χ1v) is 3.73. The summed E-state index contributed by atoms with van der Waals surface area (Å²) in [5, 5.41) is 0. The van der Waals surface area contributed by atoms with Crippen LogP contribution in [0.4, 0.5) is 0 Å². The predicted molar refractivity (Wildman–Crippen MR) is 35.1 cm³/mol. The standard InChI is InChI=1S/C7H13NO/c8-6-5-9-7(6)3-1-2-4-7/h6H,1-5,8H2. The van der Waals surface area contributed by atoms with Gasteiger partial charge in [0, 0.05) is 0 Å². The van der Waals surface area contributed by atoms with E-state index in [9.17, 15) is 0 Å². The molecule has 1 saturated heterocycles. The van der Waals surface area contributed by atoms with Crippen molar-refractivity contribution < 1.29 is 4.74 Å². The molecular weight excluding hydrogens is 114 g/mol. The Morgan fingerprint density at radius 3 is 2.22 bits per heavy atom. The third kappa shape index (κ3) is 0.634. The molecule has 9 heavy (non-hydrogen) atoms. The molecule has 1 saturated carbocycles. The van der Waals surface area contributed by atoms with Crippen molar-refractivity contribution in [1.29, 1.82) is 0 Å². The molecule has 2 aliphatic rings. The minimum absolute atomic E-state index is 0.153. The third-order valence-corrected chi connectivity index (χ3v) is 2.68. The first kappa shape index (κ1) is 5.69. The van der Waals surface area contributed by atoms with E-state index in [-0.39, 0.29) is 5.60 Å². The maximum absolute atomic E-state index is 5.79. The van der Waals surface area contributed by atoms with Crippen LogP contribution in [0.2, 0.25) is 0 Å². The van der Waals surface area contributed by atoms with Gasteiger partial charge in [-0.1, -0.05) is 12.8 Å². The van der Waals surface area contributed by atoms with Crippen LogP contribution in [0.5, 0.6) is 0 Å². The lowest BCUT2D eigenvalue weighted by Crippen LogP contribution is -2.60. The SMILES string of the molecule is NC1COC12CCCC2. The maximum atomic E-state index is 5.79. The van der Waals surface area contributed by atoms with Crippen LogP contribution in [0.15, 0.2) is 0 Å². The van der Waals surface area contributed by atoms with E-state index in [2.05, 4.69) is 0 Å². The van der Waals surface area contributed by atoms with Crippen LogP contribution >= 0.6 is 0 Å². The van der Waals surface area contributed by atoms with Gasteiger partial charge in [-0.2, -0.15) is 0 Å². The van der Waals surface area contributed by atoms with E-state index in [4.69, 9.17) is 10.5 Å². The fourth-order valence-electron chi connectivity index (χ4n) is 1.90. The van der Waals surface area contributed by atoms with Gasteiger partial charge in [0.1, 0.15) is 0 Å². The Kier molecular flexibility index (Phi) is 1.08. The summed E-state index contributed by atoms with van der Waals surface area (Å²) in [4.78, 5) is 0. The Hall–Kier alpha value is -0.0800. The number of rotatable bonds is 0. The van der Waals surface area contributed by atoms with E-state index in [1.807, 2.05) is 0 Å². The van der Waals surface area contributed by atoms with Crippen molar-refractivity contribution in [3.8, 4) is 0 Å². The van der Waals surface area contributed by atoms with Gasteiger partial charge in [-0.05, 0) is 12.8 Å². The lowest BCUT2D eigenvalue weighted by atomic mass is 9.88. The zero-order valence-corrected chi connectivity index (χ0v) is 5.60. The molecule has 0 aromatic carbocycles. The van der Waals surface area contributed by atoms with E-state index in [0.717, 1.165) is 6.61 Å². The van der Waals surface area contributed by atoms with Crippen molar-refractivity contribution in [2.45, 2.75) is 37.3 Å². The van der Waals surface area contributed by atoms with Crippen LogP contribution in [-0.2, 0) is 4.74 Å². The average Bonchev–Trinajstić information content (AvgIpc) is 2.34. The quantitative estimate of drug-likeness (QED) is 0.518. The van der Waals surface area contributed by atoms with Gasteiger partial charge in [-0.15, -0.1) is 0 Å². The average molecular weight is 127 g/mol. The van der Waals surface area contributed by atoms with Gasteiger partial charge >= 0.3 is 0 Å². The molecule has 2 N–H and O–H groups in total. The summed E-state index contributed by atoms with van der Waals surface area (Å²) >= 11 is 0. The Bertz CT molecular complexity index is 118. The molecule has 2 rings (SSSR count). The topological polar surface area (TPSA) is 35.2 Å². The lowest BCUT2D eigenvalue weighted by molar-refractivity contribution is -0.160. The van der Waals surface area contributed by atoms with Crippen molar-refractivity contribution in [2.75, 3.05) is 6.61 Å². The molecule has 0 bridgehead atoms. The molecule has 1 aliphatic carbocycles. The summed E-state index contributed by atoms with van der Waals surface area (Å²) in [5.74, 6) is 0. The molecule has 2 fully saturated rings. The summed E-state index contributed by atoms with van der Waals surface area (Å²) in [5.41, 5.74) is 5.95. The highest BCUT2D eigenvalue weighted by atomic mass is 16.5. The van der Waals surface area contributed by atoms with Crippen molar-refractivity contribution in [1.82, 2.24) is 0 Å². The Morgan fingerprint density at radius 2 is 2.00 bits per heavy atom. The second kappa shape index (κ2) is 1.70. The molecule has 52 valence electrons. The molecule has 1 spiro atoms. The van der Waals surface area contributed by atoms with Gasteiger partial charge in [0.25, 0.3) is 0 Å². The number of hydrogen-bond acceptors (Lipinski definition) is 2. The highest BCUT2D eigenvalue weighted by Gasteiger charge is 2.47. The summed E-state index contributed by atoms with van der Waals surface area (Å²) in [7, 11) is 0. The van der Waals surface area contributed by atoms with Crippen LogP contribution in [0.1, 0.15) is 25.7 Å². The molecule has 0 aromatic heterocycles. The smallest absolute Gasteiger partial charge is 0.0856 e. The zero-order chi connectivity index (χ0) is 6.32. The summed E-state index contributed by atoms with van der Waals surface area (Å²) in [6, 6.07) is 0.347. The van der Waals surface area contributed by atoms with E-state index < -0.39 is 0 Å². The summed E-state index contributed by atoms with van der Waals surface area (Å²) in [6.45, 7) is 0.792. The van der Waals surface area contributed by atoms with Gasteiger partial charge < -0.3 is 10.5 Å². The zero-order valence-electron chi connectivity index (χ0n) is 5.60. The molecule has 0 aromatic rings. The van der Waals surface area contributed by atoms with E-state index >= 15 is 0 Å². The van der Waals surface area contributed by atoms with Gasteiger partial charge in [0.05, 0.1) is 18.2 Å². The van der Waals surface area contributed by atoms with E-state index in [0.29, 0.717) is 6.04 Å². The number of nitrogens with two attached hydrogens (primary N) is 1. The van der Waals surface area contributed by atoms with Gasteiger partial charge in [0.2, 0.25) is 0 Å². The molecule has 0 amide bonds. The Labute approximate surface area is 55.4 Å². The summed E-state index contributed by atoms with van der Waals surface area (Å²) < 4.78 is 5.47. The van der Waals surface area contributed by atoms with Crippen LogP contribution in [0.3, 0.4) is 0 Å². The maximum Gasteiger partial charge on any atom is 0.0856 e. The molecule has 1 unspecified atom stereocenters. The van der Waals surface area contributed by atoms with Gasteiger partial charge in [0.15, 0.2) is 0 Å². The van der Waals surface area contributed by atoms with Crippen LogP contribution in [0.25, 0.3) is 0 Å². The van der Waals surface area contributed by atoms with Crippen LogP contribution in [-0.4, -0.2) is 18.2 Å². The van der Waals surface area contributed by atoms with Gasteiger partial charge in [-0.3, -0.25) is 0 Å². The largest absolute Gasteiger partial charge is 0.372 e. The van der Waals surface area contributed by atoms with Crippen molar-refractivity contribution in [3.05, 3.63) is 0 Å². The predicted octanol–water partition coefficient (Wildman–Crippen LogP) is 0.657. The minimum Gasteiger partial charge on any atom is -0.372 e. The Morgan fingerprint density at radius 1 is 1.33 bits per heavy atom. The second-order valence-electron chi connectivity index (χ2n) is 3.19. The lowest BCUT2D eigenvalue weighted by Gasteiger charge is -2.44. The molecule has 1 heterocycles. The minimum atomic E-state index is 0.153. The summed E-state index contributed by atoms with van der Waals surface area (Å²) in [6.07, 6.45) is 5.03. The second-order valence-corrected chi connectivity index (χ2v) is 3.19. The molecule has 0 radical (unpaired) electrons. The number of hydrogen-bond donors (Lipinski definition) is 1. The van der Waals surface area contributed by atoms with Crippen molar-refractivity contribution >= 4 is 0 Å². The van der Waals surface area contributed by atoms with E-state index in [1.165, 1.54) is 25.7 Å². The Balaban J connectivity index is 2.06. The fraction of sp³-hybridized carbons (Fsp3) is 1.00. The molecule has 1 atom stereocenters. The van der Waals surface area contributed by atoms with Crippen LogP contribution < -0.4 is 5.73 Å². The molecule has 1 aliphatic heterocycles. The van der Waals surface area contributed by atoms with E-state index in [1.54, 1.807) is 0 Å². The first-order valence-electron chi connectivity index (χ1n) is 3.73. The molecule has 2 heteroatoms.